The number of hydrogen-bond donors (Lipinski definition) is 2. The fraction of sp³-hybridized carbons (Fsp3) is 0.381. The third-order valence-corrected chi connectivity index (χ3v) is 7.03. The van der Waals surface area contributed by atoms with Gasteiger partial charge in [0.2, 0.25) is 5.91 Å². The number of carbonyl (C=O) groups is 1. The van der Waals surface area contributed by atoms with Crippen LogP contribution in [0.25, 0.3) is 10.2 Å². The Morgan fingerprint density at radius 1 is 1.21 bits per heavy atom. The van der Waals surface area contributed by atoms with Gasteiger partial charge in [0.25, 0.3) is 5.56 Å². The van der Waals surface area contributed by atoms with Crippen LogP contribution >= 0.6 is 23.1 Å². The number of hydrogen-bond acceptors (Lipinski definition) is 5. The van der Waals surface area contributed by atoms with Crippen molar-refractivity contribution in [2.45, 2.75) is 51.5 Å². The zero-order valence-electron chi connectivity index (χ0n) is 16.8. The first-order valence-electron chi connectivity index (χ1n) is 9.27. The molecule has 0 aliphatic rings. The molecule has 1 amide bonds. The molecule has 1 atom stereocenters. The average molecular weight is 416 g/mol. The molecule has 2 heterocycles. The lowest BCUT2D eigenvalue weighted by atomic mass is 10.0. The summed E-state index contributed by atoms with van der Waals surface area (Å²) in [5.74, 6) is 1.47. The molecule has 3 rings (SSSR count). The van der Waals surface area contributed by atoms with Crippen LogP contribution in [0.5, 0.6) is 0 Å². The van der Waals surface area contributed by atoms with E-state index in [0.717, 1.165) is 21.0 Å². The summed E-state index contributed by atoms with van der Waals surface area (Å²) in [7, 11) is 0. The normalized spacial score (nSPS) is 12.5. The Kier molecular flexibility index (Phi) is 6.25. The maximum absolute atomic E-state index is 12.5. The molecule has 0 fully saturated rings. The van der Waals surface area contributed by atoms with E-state index in [2.05, 4.69) is 29.1 Å². The van der Waals surface area contributed by atoms with E-state index in [4.69, 9.17) is 0 Å². The van der Waals surface area contributed by atoms with Crippen LogP contribution in [0.2, 0.25) is 0 Å². The number of aromatic nitrogens is 2. The van der Waals surface area contributed by atoms with Crippen molar-refractivity contribution in [3.05, 3.63) is 56.4 Å². The Morgan fingerprint density at radius 3 is 2.54 bits per heavy atom. The van der Waals surface area contributed by atoms with E-state index in [1.54, 1.807) is 0 Å². The fourth-order valence-corrected chi connectivity index (χ4v) is 4.65. The first-order valence-corrected chi connectivity index (χ1v) is 11.1. The van der Waals surface area contributed by atoms with E-state index in [1.165, 1.54) is 28.7 Å². The third kappa shape index (κ3) is 4.47. The molecule has 7 heteroatoms. The maximum Gasteiger partial charge on any atom is 0.259 e. The van der Waals surface area contributed by atoms with Crippen LogP contribution in [0.15, 0.2) is 29.1 Å². The standard InChI is InChI=1S/C21H25N3O2S2/c1-11(2)15-6-8-16(9-7-15)22-19(25)14(5)27-10-17-23-20(26)18-12(3)13(4)28-21(18)24-17/h6-9,11,14H,10H2,1-5H3,(H,22,25)(H,23,24,26)/t14-/m1/s1. The fourth-order valence-electron chi connectivity index (χ4n) is 2.84. The van der Waals surface area contributed by atoms with Crippen molar-refractivity contribution in [2.75, 3.05) is 5.32 Å². The van der Waals surface area contributed by atoms with Gasteiger partial charge in [0, 0.05) is 10.6 Å². The summed E-state index contributed by atoms with van der Waals surface area (Å²) in [5, 5.41) is 3.35. The molecule has 5 nitrogen and oxygen atoms in total. The van der Waals surface area contributed by atoms with Gasteiger partial charge in [0.05, 0.1) is 16.4 Å². The topological polar surface area (TPSA) is 74.8 Å². The first kappa shape index (κ1) is 20.6. The van der Waals surface area contributed by atoms with Crippen molar-refractivity contribution in [1.29, 1.82) is 0 Å². The van der Waals surface area contributed by atoms with Gasteiger partial charge in [-0.3, -0.25) is 9.59 Å². The Balaban J connectivity index is 1.63. The monoisotopic (exact) mass is 415 g/mol. The third-order valence-electron chi connectivity index (χ3n) is 4.77. The zero-order valence-corrected chi connectivity index (χ0v) is 18.4. The molecule has 28 heavy (non-hydrogen) atoms. The molecule has 2 N–H and O–H groups in total. The predicted octanol–water partition coefficient (Wildman–Crippen LogP) is 4.99. The highest BCUT2D eigenvalue weighted by Crippen LogP contribution is 2.26. The molecule has 2 aromatic heterocycles. The van der Waals surface area contributed by atoms with Crippen molar-refractivity contribution < 1.29 is 4.79 Å². The summed E-state index contributed by atoms with van der Waals surface area (Å²) in [6.45, 7) is 10.1. The SMILES string of the molecule is Cc1sc2nc(CS[C@H](C)C(=O)Nc3ccc(C(C)C)cc3)[nH]c(=O)c2c1C. The summed E-state index contributed by atoms with van der Waals surface area (Å²) in [4.78, 5) is 34.1. The van der Waals surface area contributed by atoms with Crippen molar-refractivity contribution >= 4 is 44.9 Å². The zero-order chi connectivity index (χ0) is 20.4. The predicted molar refractivity (Wildman–Crippen MR) is 120 cm³/mol. The number of nitrogens with zero attached hydrogens (tertiary/aromatic N) is 1. The van der Waals surface area contributed by atoms with Gasteiger partial charge in [-0.2, -0.15) is 0 Å². The molecule has 0 aliphatic carbocycles. The highest BCUT2D eigenvalue weighted by molar-refractivity contribution is 7.99. The second-order valence-corrected chi connectivity index (χ2v) is 9.73. The van der Waals surface area contributed by atoms with Gasteiger partial charge in [-0.25, -0.2) is 4.98 Å². The summed E-state index contributed by atoms with van der Waals surface area (Å²) >= 11 is 2.99. The van der Waals surface area contributed by atoms with Crippen LogP contribution in [-0.2, 0) is 10.5 Å². The summed E-state index contributed by atoms with van der Waals surface area (Å²) in [6, 6.07) is 7.93. The summed E-state index contributed by atoms with van der Waals surface area (Å²) < 4.78 is 0. The first-order chi connectivity index (χ1) is 13.3. The smallest absolute Gasteiger partial charge is 0.259 e. The van der Waals surface area contributed by atoms with Crippen LogP contribution < -0.4 is 10.9 Å². The molecule has 1 aromatic carbocycles. The van der Waals surface area contributed by atoms with Crippen molar-refractivity contribution in [3.63, 3.8) is 0 Å². The molecule has 0 radical (unpaired) electrons. The van der Waals surface area contributed by atoms with Crippen molar-refractivity contribution in [2.24, 2.45) is 0 Å². The van der Waals surface area contributed by atoms with Crippen LogP contribution in [0.4, 0.5) is 5.69 Å². The number of nitrogens with one attached hydrogen (secondary N) is 2. The lowest BCUT2D eigenvalue weighted by molar-refractivity contribution is -0.115. The number of thiophene rings is 1. The lowest BCUT2D eigenvalue weighted by Gasteiger charge is -2.13. The number of H-pyrrole nitrogens is 1. The summed E-state index contributed by atoms with van der Waals surface area (Å²) in [5.41, 5.74) is 2.92. The molecule has 3 aromatic rings. The second-order valence-electron chi connectivity index (χ2n) is 7.20. The number of rotatable bonds is 6. The highest BCUT2D eigenvalue weighted by atomic mass is 32.2. The number of benzene rings is 1. The van der Waals surface area contributed by atoms with E-state index >= 15 is 0 Å². The number of thioether (sulfide) groups is 1. The van der Waals surface area contributed by atoms with Gasteiger partial charge >= 0.3 is 0 Å². The number of aromatic amines is 1. The second kappa shape index (κ2) is 8.49. The van der Waals surface area contributed by atoms with Crippen LogP contribution in [0.1, 0.15) is 48.5 Å². The number of aryl methyl sites for hydroxylation is 2. The van der Waals surface area contributed by atoms with Crippen molar-refractivity contribution in [3.8, 4) is 0 Å². The molecule has 0 saturated heterocycles. The quantitative estimate of drug-likeness (QED) is 0.595. The number of amides is 1. The van der Waals surface area contributed by atoms with E-state index in [0.29, 0.717) is 22.9 Å². The number of carbonyl (C=O) groups excluding carboxylic acids is 1. The molecule has 0 aliphatic heterocycles. The average Bonchev–Trinajstić information content (AvgIpc) is 2.94. The Morgan fingerprint density at radius 2 is 1.89 bits per heavy atom. The minimum Gasteiger partial charge on any atom is -0.325 e. The van der Waals surface area contributed by atoms with Gasteiger partial charge in [0.1, 0.15) is 10.7 Å². The maximum atomic E-state index is 12.5. The molecule has 0 spiro atoms. The molecule has 0 unspecified atom stereocenters. The molecule has 0 bridgehead atoms. The van der Waals surface area contributed by atoms with Gasteiger partial charge in [-0.15, -0.1) is 23.1 Å². The molecule has 0 saturated carbocycles. The Bertz CT molecular complexity index is 1050. The van der Waals surface area contributed by atoms with Gasteiger partial charge in [-0.1, -0.05) is 26.0 Å². The van der Waals surface area contributed by atoms with E-state index < -0.39 is 0 Å². The van der Waals surface area contributed by atoms with Crippen LogP contribution in [-0.4, -0.2) is 21.1 Å². The molecular weight excluding hydrogens is 390 g/mol. The molecular formula is C21H25N3O2S2. The Labute approximate surface area is 173 Å². The van der Waals surface area contributed by atoms with E-state index in [-0.39, 0.29) is 16.7 Å². The number of anilines is 1. The van der Waals surface area contributed by atoms with E-state index in [1.807, 2.05) is 45.0 Å². The van der Waals surface area contributed by atoms with Crippen molar-refractivity contribution in [1.82, 2.24) is 9.97 Å². The van der Waals surface area contributed by atoms with Crippen LogP contribution in [0, 0.1) is 13.8 Å². The van der Waals surface area contributed by atoms with Gasteiger partial charge in [0.15, 0.2) is 0 Å². The van der Waals surface area contributed by atoms with Gasteiger partial charge < -0.3 is 10.3 Å². The van der Waals surface area contributed by atoms with Gasteiger partial charge in [-0.05, 0) is 49.9 Å². The molecule has 148 valence electrons. The Hall–Kier alpha value is -2.12. The van der Waals surface area contributed by atoms with Crippen LogP contribution in [0.3, 0.4) is 0 Å². The number of fused-ring (bicyclic) bond motifs is 1. The summed E-state index contributed by atoms with van der Waals surface area (Å²) in [6.07, 6.45) is 0. The lowest BCUT2D eigenvalue weighted by Crippen LogP contribution is -2.23. The highest BCUT2D eigenvalue weighted by Gasteiger charge is 2.16. The largest absolute Gasteiger partial charge is 0.325 e. The minimum absolute atomic E-state index is 0.0615. The minimum atomic E-state index is -0.266. The van der Waals surface area contributed by atoms with E-state index in [9.17, 15) is 9.59 Å².